The summed E-state index contributed by atoms with van der Waals surface area (Å²) in [7, 11) is 0. The Labute approximate surface area is 125 Å². The minimum atomic E-state index is -0.633. The molecule has 1 fully saturated rings. The van der Waals surface area contributed by atoms with Crippen molar-refractivity contribution in [2.75, 3.05) is 19.7 Å². The van der Waals surface area contributed by atoms with Crippen molar-refractivity contribution >= 4 is 11.9 Å². The third-order valence-electron chi connectivity index (χ3n) is 3.83. The van der Waals surface area contributed by atoms with Crippen molar-refractivity contribution in [2.45, 2.75) is 19.8 Å². The zero-order valence-electron chi connectivity index (χ0n) is 12.4. The van der Waals surface area contributed by atoms with Crippen LogP contribution < -0.4 is 0 Å². The van der Waals surface area contributed by atoms with Crippen molar-refractivity contribution in [1.82, 2.24) is 4.90 Å². The van der Waals surface area contributed by atoms with E-state index in [0.717, 1.165) is 12.8 Å². The van der Waals surface area contributed by atoms with Crippen LogP contribution in [0.3, 0.4) is 0 Å². The highest BCUT2D eigenvalue weighted by Crippen LogP contribution is 2.31. The molecular formula is C17H21NO3. The Bertz CT molecular complexity index is 526. The molecule has 4 heteroatoms. The Morgan fingerprint density at radius 1 is 1.38 bits per heavy atom. The van der Waals surface area contributed by atoms with Crippen LogP contribution in [0.1, 0.15) is 30.1 Å². The molecule has 0 bridgehead atoms. The number of carbonyl (C=O) groups excluding carboxylic acids is 2. The van der Waals surface area contributed by atoms with Crippen molar-refractivity contribution in [3.8, 4) is 0 Å². The Morgan fingerprint density at radius 3 is 2.76 bits per heavy atom. The fourth-order valence-electron chi connectivity index (χ4n) is 2.65. The first kappa shape index (κ1) is 15.3. The standard InChI is InChI=1S/C17H21NO3/c1-3-12-21-16(20)17(2)10-7-11-18(13-17)15(19)14-8-5-4-6-9-14/h3-6,8-9H,1,7,10-13H2,2H3. The SMILES string of the molecule is C=CCOC(=O)C1(C)CCCN(C(=O)c2ccccc2)C1. The molecule has 0 radical (unpaired) electrons. The highest BCUT2D eigenvalue weighted by atomic mass is 16.5. The van der Waals surface area contributed by atoms with Gasteiger partial charge >= 0.3 is 5.97 Å². The molecule has 1 saturated heterocycles. The van der Waals surface area contributed by atoms with Gasteiger partial charge in [-0.25, -0.2) is 0 Å². The lowest BCUT2D eigenvalue weighted by Crippen LogP contribution is -2.49. The number of nitrogens with zero attached hydrogens (tertiary/aromatic N) is 1. The van der Waals surface area contributed by atoms with Crippen LogP contribution in [0, 0.1) is 5.41 Å². The topological polar surface area (TPSA) is 46.6 Å². The van der Waals surface area contributed by atoms with E-state index in [1.165, 1.54) is 0 Å². The quantitative estimate of drug-likeness (QED) is 0.632. The number of hydrogen-bond acceptors (Lipinski definition) is 3. The van der Waals surface area contributed by atoms with Crippen LogP contribution in [0.15, 0.2) is 43.0 Å². The van der Waals surface area contributed by atoms with Gasteiger partial charge in [-0.1, -0.05) is 30.9 Å². The van der Waals surface area contributed by atoms with Crippen LogP contribution in [-0.2, 0) is 9.53 Å². The maximum absolute atomic E-state index is 12.5. The summed E-state index contributed by atoms with van der Waals surface area (Å²) in [6.45, 7) is 6.69. The van der Waals surface area contributed by atoms with Gasteiger partial charge < -0.3 is 9.64 Å². The molecule has 0 saturated carbocycles. The van der Waals surface area contributed by atoms with E-state index in [9.17, 15) is 9.59 Å². The highest BCUT2D eigenvalue weighted by Gasteiger charge is 2.40. The molecule has 21 heavy (non-hydrogen) atoms. The van der Waals surface area contributed by atoms with Crippen molar-refractivity contribution in [1.29, 1.82) is 0 Å². The van der Waals surface area contributed by atoms with E-state index in [0.29, 0.717) is 18.7 Å². The summed E-state index contributed by atoms with van der Waals surface area (Å²) >= 11 is 0. The third-order valence-corrected chi connectivity index (χ3v) is 3.83. The van der Waals surface area contributed by atoms with Gasteiger partial charge in [-0.3, -0.25) is 9.59 Å². The van der Waals surface area contributed by atoms with Gasteiger partial charge in [0.25, 0.3) is 5.91 Å². The minimum Gasteiger partial charge on any atom is -0.461 e. The Morgan fingerprint density at radius 2 is 2.10 bits per heavy atom. The monoisotopic (exact) mass is 287 g/mol. The van der Waals surface area contributed by atoms with E-state index >= 15 is 0 Å². The molecular weight excluding hydrogens is 266 g/mol. The van der Waals surface area contributed by atoms with Crippen LogP contribution in [0.4, 0.5) is 0 Å². The molecule has 2 rings (SSSR count). The van der Waals surface area contributed by atoms with Crippen molar-refractivity contribution in [3.63, 3.8) is 0 Å². The second-order valence-corrected chi connectivity index (χ2v) is 5.64. The summed E-state index contributed by atoms with van der Waals surface area (Å²) in [5.74, 6) is -0.286. The number of likely N-dealkylation sites (tertiary alicyclic amines) is 1. The first-order valence-corrected chi connectivity index (χ1v) is 7.19. The molecule has 1 unspecified atom stereocenters. The number of amides is 1. The van der Waals surface area contributed by atoms with Gasteiger partial charge in [0.1, 0.15) is 6.61 Å². The lowest BCUT2D eigenvalue weighted by molar-refractivity contribution is -0.156. The van der Waals surface area contributed by atoms with Gasteiger partial charge in [0.15, 0.2) is 0 Å². The van der Waals surface area contributed by atoms with Gasteiger partial charge in [-0.15, -0.1) is 0 Å². The van der Waals surface area contributed by atoms with Gasteiger partial charge in [-0.05, 0) is 31.9 Å². The predicted octanol–water partition coefficient (Wildman–Crippen LogP) is 2.66. The van der Waals surface area contributed by atoms with Crippen LogP contribution in [0.2, 0.25) is 0 Å². The Hall–Kier alpha value is -2.10. The molecule has 1 atom stereocenters. The number of hydrogen-bond donors (Lipinski definition) is 0. The zero-order chi connectivity index (χ0) is 15.3. The molecule has 1 aliphatic rings. The Kier molecular flexibility index (Phi) is 4.78. The summed E-state index contributed by atoms with van der Waals surface area (Å²) in [5, 5.41) is 0. The zero-order valence-corrected chi connectivity index (χ0v) is 12.4. The van der Waals surface area contributed by atoms with Crippen LogP contribution in [-0.4, -0.2) is 36.5 Å². The van der Waals surface area contributed by atoms with Gasteiger partial charge in [0.05, 0.1) is 5.41 Å². The average molecular weight is 287 g/mol. The van der Waals surface area contributed by atoms with Crippen molar-refractivity contribution in [3.05, 3.63) is 48.6 Å². The molecule has 1 aliphatic heterocycles. The molecule has 0 aliphatic carbocycles. The number of carbonyl (C=O) groups is 2. The van der Waals surface area contributed by atoms with Crippen LogP contribution in [0.25, 0.3) is 0 Å². The van der Waals surface area contributed by atoms with Crippen LogP contribution in [0.5, 0.6) is 0 Å². The number of piperidine rings is 1. The van der Waals surface area contributed by atoms with E-state index in [1.807, 2.05) is 25.1 Å². The molecule has 1 aromatic carbocycles. The largest absolute Gasteiger partial charge is 0.461 e. The predicted molar refractivity (Wildman–Crippen MR) is 80.8 cm³/mol. The van der Waals surface area contributed by atoms with Gasteiger partial charge in [-0.2, -0.15) is 0 Å². The summed E-state index contributed by atoms with van der Waals surface area (Å²) in [6, 6.07) is 9.15. The number of esters is 1. The van der Waals surface area contributed by atoms with Gasteiger partial charge in [0.2, 0.25) is 0 Å². The second-order valence-electron chi connectivity index (χ2n) is 5.64. The third kappa shape index (κ3) is 3.51. The van der Waals surface area contributed by atoms with Crippen LogP contribution >= 0.6 is 0 Å². The lowest BCUT2D eigenvalue weighted by atomic mass is 9.81. The van der Waals surface area contributed by atoms with Crippen molar-refractivity contribution < 1.29 is 14.3 Å². The average Bonchev–Trinajstić information content (AvgIpc) is 2.52. The molecule has 0 spiro atoms. The molecule has 0 aromatic heterocycles. The number of benzene rings is 1. The first-order valence-electron chi connectivity index (χ1n) is 7.19. The fraction of sp³-hybridized carbons (Fsp3) is 0.412. The fourth-order valence-corrected chi connectivity index (χ4v) is 2.65. The second kappa shape index (κ2) is 6.57. The van der Waals surface area contributed by atoms with Gasteiger partial charge in [0, 0.05) is 18.7 Å². The summed E-state index contributed by atoms with van der Waals surface area (Å²) in [6.07, 6.45) is 3.09. The Balaban J connectivity index is 2.08. The maximum Gasteiger partial charge on any atom is 0.313 e. The normalized spacial score (nSPS) is 21.7. The van der Waals surface area contributed by atoms with E-state index in [2.05, 4.69) is 6.58 Å². The van der Waals surface area contributed by atoms with E-state index in [1.54, 1.807) is 23.1 Å². The summed E-state index contributed by atoms with van der Waals surface area (Å²) in [4.78, 5) is 26.4. The lowest BCUT2D eigenvalue weighted by Gasteiger charge is -2.38. The molecule has 0 N–H and O–H groups in total. The summed E-state index contributed by atoms with van der Waals surface area (Å²) in [5.41, 5.74) is 0.0207. The minimum absolute atomic E-state index is 0.0296. The summed E-state index contributed by atoms with van der Waals surface area (Å²) < 4.78 is 5.17. The smallest absolute Gasteiger partial charge is 0.313 e. The first-order chi connectivity index (χ1) is 10.1. The highest BCUT2D eigenvalue weighted by molar-refractivity contribution is 5.94. The molecule has 112 valence electrons. The van der Waals surface area contributed by atoms with Crippen molar-refractivity contribution in [2.24, 2.45) is 5.41 Å². The molecule has 1 amide bonds. The van der Waals surface area contributed by atoms with E-state index in [-0.39, 0.29) is 18.5 Å². The molecule has 1 aromatic rings. The number of ether oxygens (including phenoxy) is 1. The van der Waals surface area contributed by atoms with E-state index in [4.69, 9.17) is 4.74 Å². The number of rotatable bonds is 4. The molecule has 4 nitrogen and oxygen atoms in total. The molecule has 1 heterocycles. The maximum atomic E-state index is 12.5. The van der Waals surface area contributed by atoms with E-state index < -0.39 is 5.41 Å².